The Morgan fingerprint density at radius 3 is 3.12 bits per heavy atom. The Morgan fingerprint density at radius 1 is 1.53 bits per heavy atom. The van der Waals surface area contributed by atoms with Gasteiger partial charge >= 0.3 is 0 Å². The molecule has 94 valence electrons. The Bertz CT molecular complexity index is 326. The SMILES string of the molecule is CC(C)N1CCCC(OCc2cccnc2)C1. The number of hydrogen-bond donors (Lipinski definition) is 0. The van der Waals surface area contributed by atoms with Gasteiger partial charge in [0.15, 0.2) is 0 Å². The Balaban J connectivity index is 1.79. The molecule has 1 aromatic rings. The Morgan fingerprint density at radius 2 is 2.41 bits per heavy atom. The molecule has 0 aromatic carbocycles. The molecule has 1 aliphatic rings. The highest BCUT2D eigenvalue weighted by Gasteiger charge is 2.21. The number of pyridine rings is 1. The summed E-state index contributed by atoms with van der Waals surface area (Å²) < 4.78 is 5.97. The van der Waals surface area contributed by atoms with Gasteiger partial charge < -0.3 is 4.74 Å². The van der Waals surface area contributed by atoms with E-state index in [0.717, 1.165) is 12.1 Å². The van der Waals surface area contributed by atoms with Gasteiger partial charge in [0.25, 0.3) is 0 Å². The average molecular weight is 234 g/mol. The van der Waals surface area contributed by atoms with Gasteiger partial charge in [-0.1, -0.05) is 6.07 Å². The van der Waals surface area contributed by atoms with E-state index in [1.807, 2.05) is 12.3 Å². The van der Waals surface area contributed by atoms with Crippen LogP contribution in [0.1, 0.15) is 32.3 Å². The lowest BCUT2D eigenvalue weighted by Gasteiger charge is -2.35. The molecule has 0 bridgehead atoms. The summed E-state index contributed by atoms with van der Waals surface area (Å²) >= 11 is 0. The third-order valence-corrected chi connectivity index (χ3v) is 3.35. The first kappa shape index (κ1) is 12.5. The summed E-state index contributed by atoms with van der Waals surface area (Å²) in [5.41, 5.74) is 1.16. The number of likely N-dealkylation sites (tertiary alicyclic amines) is 1. The molecular weight excluding hydrogens is 212 g/mol. The minimum atomic E-state index is 0.381. The monoisotopic (exact) mass is 234 g/mol. The molecular formula is C14H22N2O. The second-order valence-corrected chi connectivity index (χ2v) is 5.03. The van der Waals surface area contributed by atoms with Gasteiger partial charge in [-0.3, -0.25) is 9.88 Å². The van der Waals surface area contributed by atoms with E-state index >= 15 is 0 Å². The first-order valence-corrected chi connectivity index (χ1v) is 6.50. The number of hydrogen-bond acceptors (Lipinski definition) is 3. The Kier molecular flexibility index (Phi) is 4.51. The molecule has 0 amide bonds. The molecule has 0 aliphatic carbocycles. The molecule has 2 heterocycles. The lowest BCUT2D eigenvalue weighted by atomic mass is 10.1. The van der Waals surface area contributed by atoms with Crippen LogP contribution in [0.5, 0.6) is 0 Å². The highest BCUT2D eigenvalue weighted by atomic mass is 16.5. The lowest BCUT2D eigenvalue weighted by molar-refractivity contribution is -0.0176. The van der Waals surface area contributed by atoms with Crippen LogP contribution in [0.2, 0.25) is 0 Å². The largest absolute Gasteiger partial charge is 0.372 e. The van der Waals surface area contributed by atoms with E-state index in [0.29, 0.717) is 18.8 Å². The molecule has 1 unspecified atom stereocenters. The molecule has 3 nitrogen and oxygen atoms in total. The topological polar surface area (TPSA) is 25.4 Å². The molecule has 1 atom stereocenters. The normalized spacial score (nSPS) is 21.9. The zero-order valence-electron chi connectivity index (χ0n) is 10.8. The minimum absolute atomic E-state index is 0.381. The molecule has 0 N–H and O–H groups in total. The van der Waals surface area contributed by atoms with Crippen molar-refractivity contribution in [3.63, 3.8) is 0 Å². The summed E-state index contributed by atoms with van der Waals surface area (Å²) in [4.78, 5) is 6.60. The predicted molar refractivity (Wildman–Crippen MR) is 68.8 cm³/mol. The smallest absolute Gasteiger partial charge is 0.0736 e. The van der Waals surface area contributed by atoms with E-state index in [-0.39, 0.29) is 0 Å². The van der Waals surface area contributed by atoms with Gasteiger partial charge in [0.1, 0.15) is 0 Å². The van der Waals surface area contributed by atoms with Crippen molar-refractivity contribution in [2.24, 2.45) is 0 Å². The van der Waals surface area contributed by atoms with Crippen LogP contribution in [0.4, 0.5) is 0 Å². The third kappa shape index (κ3) is 3.79. The van der Waals surface area contributed by atoms with Crippen molar-refractivity contribution in [2.45, 2.75) is 45.4 Å². The van der Waals surface area contributed by atoms with Crippen molar-refractivity contribution in [1.29, 1.82) is 0 Å². The predicted octanol–water partition coefficient (Wildman–Crippen LogP) is 2.47. The second-order valence-electron chi connectivity index (χ2n) is 5.03. The molecule has 1 aliphatic heterocycles. The van der Waals surface area contributed by atoms with Gasteiger partial charge in [-0.05, 0) is 44.9 Å². The van der Waals surface area contributed by atoms with Crippen molar-refractivity contribution in [3.8, 4) is 0 Å². The van der Waals surface area contributed by atoms with Crippen molar-refractivity contribution >= 4 is 0 Å². The first-order chi connectivity index (χ1) is 8.25. The molecule has 3 heteroatoms. The molecule has 2 rings (SSSR count). The number of ether oxygens (including phenoxy) is 1. The van der Waals surface area contributed by atoms with Crippen LogP contribution in [-0.2, 0) is 11.3 Å². The van der Waals surface area contributed by atoms with E-state index in [4.69, 9.17) is 4.74 Å². The van der Waals surface area contributed by atoms with Crippen LogP contribution < -0.4 is 0 Å². The Hall–Kier alpha value is -0.930. The number of rotatable bonds is 4. The maximum Gasteiger partial charge on any atom is 0.0736 e. The van der Waals surface area contributed by atoms with E-state index < -0.39 is 0 Å². The van der Waals surface area contributed by atoms with Gasteiger partial charge in [-0.25, -0.2) is 0 Å². The molecule has 1 aromatic heterocycles. The molecule has 0 radical (unpaired) electrons. The fourth-order valence-electron chi connectivity index (χ4n) is 2.27. The van der Waals surface area contributed by atoms with Gasteiger partial charge in [0.2, 0.25) is 0 Å². The van der Waals surface area contributed by atoms with Crippen LogP contribution >= 0.6 is 0 Å². The van der Waals surface area contributed by atoms with E-state index in [1.165, 1.54) is 19.4 Å². The molecule has 1 fully saturated rings. The highest BCUT2D eigenvalue weighted by molar-refractivity contribution is 5.06. The summed E-state index contributed by atoms with van der Waals surface area (Å²) in [6.07, 6.45) is 6.49. The minimum Gasteiger partial charge on any atom is -0.372 e. The standard InChI is InChI=1S/C14H22N2O/c1-12(2)16-8-4-6-14(10-16)17-11-13-5-3-7-15-9-13/h3,5,7,9,12,14H,4,6,8,10-11H2,1-2H3. The number of aromatic nitrogens is 1. The van der Waals surface area contributed by atoms with Crippen LogP contribution in [0, 0.1) is 0 Å². The van der Waals surface area contributed by atoms with E-state index in [2.05, 4.69) is 29.8 Å². The van der Waals surface area contributed by atoms with Crippen molar-refractivity contribution in [1.82, 2.24) is 9.88 Å². The summed E-state index contributed by atoms with van der Waals surface area (Å²) in [6, 6.07) is 4.65. The van der Waals surface area contributed by atoms with Crippen LogP contribution in [0.25, 0.3) is 0 Å². The van der Waals surface area contributed by atoms with E-state index in [1.54, 1.807) is 6.20 Å². The van der Waals surface area contributed by atoms with Gasteiger partial charge in [-0.2, -0.15) is 0 Å². The molecule has 1 saturated heterocycles. The van der Waals surface area contributed by atoms with Crippen LogP contribution in [0.3, 0.4) is 0 Å². The van der Waals surface area contributed by atoms with Crippen molar-refractivity contribution in [2.75, 3.05) is 13.1 Å². The zero-order valence-corrected chi connectivity index (χ0v) is 10.8. The summed E-state index contributed by atoms with van der Waals surface area (Å²) in [5, 5.41) is 0. The van der Waals surface area contributed by atoms with Crippen molar-refractivity contribution < 1.29 is 4.74 Å². The summed E-state index contributed by atoms with van der Waals surface area (Å²) in [5.74, 6) is 0. The number of nitrogens with zero attached hydrogens (tertiary/aromatic N) is 2. The van der Waals surface area contributed by atoms with Crippen LogP contribution in [-0.4, -0.2) is 35.1 Å². The molecule has 0 saturated carbocycles. The fraction of sp³-hybridized carbons (Fsp3) is 0.643. The summed E-state index contributed by atoms with van der Waals surface area (Å²) in [7, 11) is 0. The second kappa shape index (κ2) is 6.12. The van der Waals surface area contributed by atoms with Gasteiger partial charge in [0, 0.05) is 25.0 Å². The zero-order chi connectivity index (χ0) is 12.1. The maximum absolute atomic E-state index is 5.97. The first-order valence-electron chi connectivity index (χ1n) is 6.50. The number of piperidine rings is 1. The Labute approximate surface area is 104 Å². The van der Waals surface area contributed by atoms with Crippen molar-refractivity contribution in [3.05, 3.63) is 30.1 Å². The third-order valence-electron chi connectivity index (χ3n) is 3.35. The van der Waals surface area contributed by atoms with E-state index in [9.17, 15) is 0 Å². The average Bonchev–Trinajstić information content (AvgIpc) is 2.38. The quantitative estimate of drug-likeness (QED) is 0.800. The summed E-state index contributed by atoms with van der Waals surface area (Å²) in [6.45, 7) is 7.47. The van der Waals surface area contributed by atoms with Crippen LogP contribution in [0.15, 0.2) is 24.5 Å². The van der Waals surface area contributed by atoms with Gasteiger partial charge in [0.05, 0.1) is 12.7 Å². The fourth-order valence-corrected chi connectivity index (χ4v) is 2.27. The maximum atomic E-state index is 5.97. The lowest BCUT2D eigenvalue weighted by Crippen LogP contribution is -2.43. The molecule has 17 heavy (non-hydrogen) atoms. The molecule has 0 spiro atoms. The van der Waals surface area contributed by atoms with Gasteiger partial charge in [-0.15, -0.1) is 0 Å². The highest BCUT2D eigenvalue weighted by Crippen LogP contribution is 2.16.